The van der Waals surface area contributed by atoms with E-state index in [0.29, 0.717) is 24.2 Å². The molecule has 4 rings (SSSR count). The van der Waals surface area contributed by atoms with Gasteiger partial charge >= 0.3 is 0 Å². The number of amides is 2. The molecule has 7 heteroatoms. The van der Waals surface area contributed by atoms with Gasteiger partial charge in [-0.05, 0) is 31.5 Å². The standard InChI is InChI=1S/C25H25N5O2/c1-2-16-29-17-10-9-15-22(29)25(32)27-26-24(31)21-18-30(20-13-7-4-8-14-20)28-23(21)19-11-5-3-6-12-19/h1,3-8,11-14,18,22H,9-10,15-17H2,(H,26,31)(H,27,32). The number of terminal acetylenes is 1. The van der Waals surface area contributed by atoms with Crippen molar-refractivity contribution in [1.29, 1.82) is 0 Å². The molecule has 3 aromatic rings. The van der Waals surface area contributed by atoms with Crippen LogP contribution >= 0.6 is 0 Å². The number of carbonyl (C=O) groups excluding carboxylic acids is 2. The Morgan fingerprint density at radius 1 is 1.03 bits per heavy atom. The van der Waals surface area contributed by atoms with Crippen LogP contribution in [0.15, 0.2) is 66.9 Å². The van der Waals surface area contributed by atoms with E-state index in [0.717, 1.165) is 30.6 Å². The summed E-state index contributed by atoms with van der Waals surface area (Å²) in [7, 11) is 0. The number of hydrazine groups is 1. The molecule has 1 saturated heterocycles. The minimum atomic E-state index is -0.432. The molecule has 1 aliphatic heterocycles. The highest BCUT2D eigenvalue weighted by molar-refractivity contribution is 6.00. The number of para-hydroxylation sites is 1. The van der Waals surface area contributed by atoms with E-state index < -0.39 is 5.91 Å². The quantitative estimate of drug-likeness (QED) is 0.485. The van der Waals surface area contributed by atoms with E-state index in [1.54, 1.807) is 10.9 Å². The number of piperidine rings is 1. The Bertz CT molecular complexity index is 1120. The number of benzene rings is 2. The lowest BCUT2D eigenvalue weighted by molar-refractivity contribution is -0.128. The van der Waals surface area contributed by atoms with Crippen LogP contribution in [-0.4, -0.2) is 45.6 Å². The molecule has 1 atom stereocenters. The molecule has 0 bridgehead atoms. The van der Waals surface area contributed by atoms with Crippen LogP contribution < -0.4 is 10.9 Å². The third-order valence-corrected chi connectivity index (χ3v) is 5.54. The average molecular weight is 428 g/mol. The highest BCUT2D eigenvalue weighted by Gasteiger charge is 2.28. The van der Waals surface area contributed by atoms with E-state index >= 15 is 0 Å². The van der Waals surface area contributed by atoms with Gasteiger partial charge in [0.05, 0.1) is 23.8 Å². The largest absolute Gasteiger partial charge is 0.281 e. The monoisotopic (exact) mass is 427 g/mol. The molecule has 2 amide bonds. The summed E-state index contributed by atoms with van der Waals surface area (Å²) in [6.45, 7) is 1.19. The summed E-state index contributed by atoms with van der Waals surface area (Å²) in [5.74, 6) is 1.91. The fourth-order valence-corrected chi connectivity index (χ4v) is 3.93. The highest BCUT2D eigenvalue weighted by atomic mass is 16.2. The number of nitrogens with zero attached hydrogens (tertiary/aromatic N) is 3. The third kappa shape index (κ3) is 4.71. The van der Waals surface area contributed by atoms with Crippen molar-refractivity contribution in [3.05, 3.63) is 72.4 Å². The zero-order valence-corrected chi connectivity index (χ0v) is 17.7. The predicted molar refractivity (Wildman–Crippen MR) is 123 cm³/mol. The lowest BCUT2D eigenvalue weighted by Gasteiger charge is -2.33. The lowest BCUT2D eigenvalue weighted by Crippen LogP contribution is -2.54. The van der Waals surface area contributed by atoms with Crippen LogP contribution in [0.3, 0.4) is 0 Å². The number of nitrogens with one attached hydrogen (secondary N) is 2. The zero-order chi connectivity index (χ0) is 22.3. The lowest BCUT2D eigenvalue weighted by atomic mass is 10.0. The van der Waals surface area contributed by atoms with E-state index in [1.165, 1.54) is 0 Å². The Kier molecular flexibility index (Phi) is 6.63. The summed E-state index contributed by atoms with van der Waals surface area (Å²) in [5.41, 5.74) is 7.69. The van der Waals surface area contributed by atoms with E-state index in [-0.39, 0.29) is 11.9 Å². The molecule has 2 heterocycles. The van der Waals surface area contributed by atoms with E-state index in [2.05, 4.69) is 21.9 Å². The Morgan fingerprint density at radius 3 is 2.47 bits per heavy atom. The first-order chi connectivity index (χ1) is 15.7. The molecule has 32 heavy (non-hydrogen) atoms. The molecular weight excluding hydrogens is 402 g/mol. The van der Waals surface area contributed by atoms with Gasteiger partial charge in [-0.15, -0.1) is 6.42 Å². The normalized spacial score (nSPS) is 16.2. The van der Waals surface area contributed by atoms with Gasteiger partial charge in [-0.3, -0.25) is 25.3 Å². The first kappa shape index (κ1) is 21.3. The average Bonchev–Trinajstić information content (AvgIpc) is 3.30. The molecule has 0 spiro atoms. The first-order valence-corrected chi connectivity index (χ1v) is 10.7. The fourth-order valence-electron chi connectivity index (χ4n) is 3.93. The molecule has 0 saturated carbocycles. The molecule has 1 aliphatic rings. The predicted octanol–water partition coefficient (Wildman–Crippen LogP) is 2.79. The Balaban J connectivity index is 1.54. The molecule has 1 aromatic heterocycles. The number of aromatic nitrogens is 2. The molecule has 1 fully saturated rings. The van der Waals surface area contributed by atoms with Crippen LogP contribution in [0.25, 0.3) is 16.9 Å². The van der Waals surface area contributed by atoms with Gasteiger partial charge in [-0.2, -0.15) is 5.10 Å². The number of carbonyl (C=O) groups is 2. The molecule has 1 unspecified atom stereocenters. The summed E-state index contributed by atoms with van der Waals surface area (Å²) in [5, 5.41) is 4.64. The second-order valence-electron chi connectivity index (χ2n) is 7.67. The van der Waals surface area contributed by atoms with Crippen molar-refractivity contribution < 1.29 is 9.59 Å². The number of rotatable bonds is 5. The van der Waals surface area contributed by atoms with Crippen molar-refractivity contribution in [2.45, 2.75) is 25.3 Å². The van der Waals surface area contributed by atoms with E-state index in [9.17, 15) is 9.59 Å². The van der Waals surface area contributed by atoms with Gasteiger partial charge in [0.1, 0.15) is 5.69 Å². The SMILES string of the molecule is C#CCN1CCCCC1C(=O)NNC(=O)c1cn(-c2ccccc2)nc1-c1ccccc1. The van der Waals surface area contributed by atoms with Crippen LogP contribution in [0.2, 0.25) is 0 Å². The second kappa shape index (κ2) is 9.94. The maximum atomic E-state index is 13.1. The van der Waals surface area contributed by atoms with Gasteiger partial charge in [0.15, 0.2) is 0 Å². The molecule has 2 aromatic carbocycles. The molecule has 0 aliphatic carbocycles. The highest BCUT2D eigenvalue weighted by Crippen LogP contribution is 2.23. The number of likely N-dealkylation sites (tertiary alicyclic amines) is 1. The van der Waals surface area contributed by atoms with E-state index in [4.69, 9.17) is 6.42 Å². The van der Waals surface area contributed by atoms with Crippen LogP contribution in [0.4, 0.5) is 0 Å². The summed E-state index contributed by atoms with van der Waals surface area (Å²) in [4.78, 5) is 27.8. The van der Waals surface area contributed by atoms with Crippen molar-refractivity contribution in [3.63, 3.8) is 0 Å². The topological polar surface area (TPSA) is 79.3 Å². The molecule has 2 N–H and O–H groups in total. The summed E-state index contributed by atoms with van der Waals surface area (Å²) in [6.07, 6.45) is 9.79. The maximum absolute atomic E-state index is 13.1. The van der Waals surface area contributed by atoms with Crippen LogP contribution in [0, 0.1) is 12.3 Å². The molecule has 7 nitrogen and oxygen atoms in total. The maximum Gasteiger partial charge on any atom is 0.273 e. The van der Waals surface area contributed by atoms with Crippen molar-refractivity contribution >= 4 is 11.8 Å². The van der Waals surface area contributed by atoms with Crippen molar-refractivity contribution in [3.8, 4) is 29.3 Å². The number of hydrogen-bond acceptors (Lipinski definition) is 4. The molecule has 162 valence electrons. The van der Waals surface area contributed by atoms with Crippen LogP contribution in [-0.2, 0) is 4.79 Å². The minimum absolute atomic E-state index is 0.259. The van der Waals surface area contributed by atoms with Gasteiger partial charge in [0.25, 0.3) is 11.8 Å². The van der Waals surface area contributed by atoms with Gasteiger partial charge in [0, 0.05) is 11.8 Å². The van der Waals surface area contributed by atoms with Gasteiger partial charge in [-0.1, -0.05) is 60.9 Å². The zero-order valence-electron chi connectivity index (χ0n) is 17.7. The Morgan fingerprint density at radius 2 is 1.75 bits per heavy atom. The fraction of sp³-hybridized carbons (Fsp3) is 0.240. The third-order valence-electron chi connectivity index (χ3n) is 5.54. The van der Waals surface area contributed by atoms with Crippen LogP contribution in [0.5, 0.6) is 0 Å². The van der Waals surface area contributed by atoms with Gasteiger partial charge in [-0.25, -0.2) is 4.68 Å². The molecular formula is C25H25N5O2. The smallest absolute Gasteiger partial charge is 0.273 e. The summed E-state index contributed by atoms with van der Waals surface area (Å²) >= 11 is 0. The van der Waals surface area contributed by atoms with Crippen molar-refractivity contribution in [1.82, 2.24) is 25.5 Å². The minimum Gasteiger partial charge on any atom is -0.281 e. The first-order valence-electron chi connectivity index (χ1n) is 10.7. The Hall–Kier alpha value is -3.89. The number of hydrogen-bond donors (Lipinski definition) is 2. The Labute approximate surface area is 187 Å². The van der Waals surface area contributed by atoms with Crippen molar-refractivity contribution in [2.75, 3.05) is 13.1 Å². The van der Waals surface area contributed by atoms with Crippen molar-refractivity contribution in [2.24, 2.45) is 0 Å². The van der Waals surface area contributed by atoms with Gasteiger partial charge < -0.3 is 0 Å². The summed E-state index contributed by atoms with van der Waals surface area (Å²) < 4.78 is 1.66. The molecule has 0 radical (unpaired) electrons. The summed E-state index contributed by atoms with van der Waals surface area (Å²) in [6, 6.07) is 18.7. The van der Waals surface area contributed by atoms with E-state index in [1.807, 2.05) is 65.6 Å². The van der Waals surface area contributed by atoms with Gasteiger partial charge in [0.2, 0.25) is 0 Å². The second-order valence-corrected chi connectivity index (χ2v) is 7.67. The van der Waals surface area contributed by atoms with Crippen LogP contribution in [0.1, 0.15) is 29.6 Å².